The van der Waals surface area contributed by atoms with E-state index in [4.69, 9.17) is 10.5 Å². The van der Waals surface area contributed by atoms with Crippen LogP contribution in [0, 0.1) is 6.92 Å². The quantitative estimate of drug-likeness (QED) is 0.465. The lowest BCUT2D eigenvalue weighted by molar-refractivity contribution is 0.402. The van der Waals surface area contributed by atoms with Gasteiger partial charge in [-0.1, -0.05) is 6.08 Å². The van der Waals surface area contributed by atoms with Crippen molar-refractivity contribution in [2.45, 2.75) is 18.2 Å². The Kier molecular flexibility index (Phi) is 4.75. The molecule has 0 saturated heterocycles. The first-order valence-electron chi connectivity index (χ1n) is 5.47. The van der Waals surface area contributed by atoms with E-state index in [1.807, 2.05) is 0 Å². The molecule has 0 unspecified atom stereocenters. The van der Waals surface area contributed by atoms with Gasteiger partial charge in [0.15, 0.2) is 0 Å². The third-order valence-electron chi connectivity index (χ3n) is 2.48. The molecular weight excluding hydrogens is 252 g/mol. The number of hydrogen-bond acceptors (Lipinski definition) is 4. The maximum absolute atomic E-state index is 12.1. The van der Waals surface area contributed by atoms with Crippen molar-refractivity contribution in [3.8, 4) is 5.75 Å². The van der Waals surface area contributed by atoms with E-state index >= 15 is 0 Å². The monoisotopic (exact) mass is 270 g/mol. The number of anilines is 1. The van der Waals surface area contributed by atoms with E-state index in [2.05, 4.69) is 11.3 Å². The molecular formula is C12H18N2O3S. The van der Waals surface area contributed by atoms with Crippen LogP contribution in [-0.4, -0.2) is 22.1 Å². The molecule has 100 valence electrons. The van der Waals surface area contributed by atoms with Crippen LogP contribution in [0.15, 0.2) is 29.7 Å². The van der Waals surface area contributed by atoms with Crippen LogP contribution in [0.1, 0.15) is 12.0 Å². The Balaban J connectivity index is 3.14. The van der Waals surface area contributed by atoms with E-state index in [9.17, 15) is 8.42 Å². The Morgan fingerprint density at radius 2 is 2.17 bits per heavy atom. The van der Waals surface area contributed by atoms with E-state index in [-0.39, 0.29) is 10.6 Å². The summed E-state index contributed by atoms with van der Waals surface area (Å²) in [5.74, 6) is 0.285. The third kappa shape index (κ3) is 3.24. The van der Waals surface area contributed by atoms with Crippen LogP contribution in [0.5, 0.6) is 5.75 Å². The molecule has 0 amide bonds. The standard InChI is InChI=1S/C12H18N2O3S/c1-4-5-6-14-18(15,16)12-8-10(13)9(2)7-11(12)17-3/h4,7-8,14H,1,5-6,13H2,2-3H3. The highest BCUT2D eigenvalue weighted by Gasteiger charge is 2.20. The molecule has 0 saturated carbocycles. The molecule has 0 fully saturated rings. The van der Waals surface area contributed by atoms with Crippen molar-refractivity contribution in [3.05, 3.63) is 30.4 Å². The minimum atomic E-state index is -3.62. The number of nitrogen functional groups attached to an aromatic ring is 1. The lowest BCUT2D eigenvalue weighted by Crippen LogP contribution is -2.25. The van der Waals surface area contributed by atoms with E-state index in [0.29, 0.717) is 18.7 Å². The number of benzene rings is 1. The molecule has 1 rings (SSSR count). The van der Waals surface area contributed by atoms with Crippen molar-refractivity contribution in [2.75, 3.05) is 19.4 Å². The molecule has 6 heteroatoms. The lowest BCUT2D eigenvalue weighted by Gasteiger charge is -2.12. The second kappa shape index (κ2) is 5.88. The molecule has 0 aliphatic heterocycles. The van der Waals surface area contributed by atoms with Crippen molar-refractivity contribution >= 4 is 15.7 Å². The van der Waals surface area contributed by atoms with Crippen LogP contribution in [0.3, 0.4) is 0 Å². The van der Waals surface area contributed by atoms with Crippen LogP contribution >= 0.6 is 0 Å². The molecule has 0 aliphatic rings. The van der Waals surface area contributed by atoms with Crippen LogP contribution in [0.4, 0.5) is 5.69 Å². The number of rotatable bonds is 6. The predicted octanol–water partition coefficient (Wildman–Crippen LogP) is 1.44. The maximum Gasteiger partial charge on any atom is 0.244 e. The normalized spacial score (nSPS) is 11.2. The lowest BCUT2D eigenvalue weighted by atomic mass is 10.2. The van der Waals surface area contributed by atoms with E-state index < -0.39 is 10.0 Å². The SMILES string of the molecule is C=CCCNS(=O)(=O)c1cc(N)c(C)cc1OC. The predicted molar refractivity (Wildman–Crippen MR) is 72.1 cm³/mol. The summed E-state index contributed by atoms with van der Waals surface area (Å²) in [6.45, 7) is 5.62. The van der Waals surface area contributed by atoms with Crippen molar-refractivity contribution in [1.82, 2.24) is 4.72 Å². The zero-order valence-electron chi connectivity index (χ0n) is 10.6. The first-order chi connectivity index (χ1) is 8.42. The van der Waals surface area contributed by atoms with Gasteiger partial charge in [0.1, 0.15) is 10.6 Å². The number of sulfonamides is 1. The summed E-state index contributed by atoms with van der Waals surface area (Å²) in [5.41, 5.74) is 6.92. The fourth-order valence-corrected chi connectivity index (χ4v) is 2.65. The van der Waals surface area contributed by atoms with Crippen molar-refractivity contribution in [2.24, 2.45) is 0 Å². The fourth-order valence-electron chi connectivity index (χ4n) is 1.42. The van der Waals surface area contributed by atoms with Gasteiger partial charge in [-0.3, -0.25) is 0 Å². The Labute approximate surface area is 108 Å². The summed E-state index contributed by atoms with van der Waals surface area (Å²) in [6, 6.07) is 3.02. The number of methoxy groups -OCH3 is 1. The Bertz CT molecular complexity index is 538. The number of hydrogen-bond donors (Lipinski definition) is 2. The zero-order chi connectivity index (χ0) is 13.8. The molecule has 0 bridgehead atoms. The van der Waals surface area contributed by atoms with Gasteiger partial charge in [0.25, 0.3) is 0 Å². The number of aryl methyl sites for hydroxylation is 1. The van der Waals surface area contributed by atoms with Crippen molar-refractivity contribution in [1.29, 1.82) is 0 Å². The van der Waals surface area contributed by atoms with Crippen molar-refractivity contribution in [3.63, 3.8) is 0 Å². The highest BCUT2D eigenvalue weighted by molar-refractivity contribution is 7.89. The Hall–Kier alpha value is -1.53. The van der Waals surface area contributed by atoms with Crippen LogP contribution in [0.2, 0.25) is 0 Å². The molecule has 3 N–H and O–H groups in total. The van der Waals surface area contributed by atoms with Crippen LogP contribution < -0.4 is 15.2 Å². The zero-order valence-corrected chi connectivity index (χ0v) is 11.4. The molecule has 5 nitrogen and oxygen atoms in total. The van der Waals surface area contributed by atoms with Gasteiger partial charge in [-0.05, 0) is 31.0 Å². The summed E-state index contributed by atoms with van der Waals surface area (Å²) in [4.78, 5) is 0.0529. The van der Waals surface area contributed by atoms with Crippen molar-refractivity contribution < 1.29 is 13.2 Å². The van der Waals surface area contributed by atoms with Gasteiger partial charge in [-0.15, -0.1) is 6.58 Å². The summed E-state index contributed by atoms with van der Waals surface area (Å²) >= 11 is 0. The van der Waals surface area contributed by atoms with Crippen LogP contribution in [-0.2, 0) is 10.0 Å². The molecule has 0 atom stereocenters. The second-order valence-corrected chi connectivity index (χ2v) is 5.57. The third-order valence-corrected chi connectivity index (χ3v) is 3.96. The minimum absolute atomic E-state index is 0.0529. The summed E-state index contributed by atoms with van der Waals surface area (Å²) in [6.07, 6.45) is 2.20. The highest BCUT2D eigenvalue weighted by atomic mass is 32.2. The number of nitrogens with two attached hydrogens (primary N) is 1. The molecule has 1 aromatic rings. The average Bonchev–Trinajstić information content (AvgIpc) is 2.32. The number of ether oxygens (including phenoxy) is 1. The van der Waals surface area contributed by atoms with Gasteiger partial charge in [0.2, 0.25) is 10.0 Å². The van der Waals surface area contributed by atoms with Gasteiger partial charge in [-0.25, -0.2) is 13.1 Å². The average molecular weight is 270 g/mol. The molecule has 0 spiro atoms. The molecule has 0 aliphatic carbocycles. The Morgan fingerprint density at radius 3 is 2.72 bits per heavy atom. The molecule has 0 aromatic heterocycles. The first-order valence-corrected chi connectivity index (χ1v) is 6.95. The smallest absolute Gasteiger partial charge is 0.244 e. The minimum Gasteiger partial charge on any atom is -0.495 e. The summed E-state index contributed by atoms with van der Waals surface area (Å²) in [7, 11) is -2.19. The molecule has 0 heterocycles. The summed E-state index contributed by atoms with van der Waals surface area (Å²) < 4.78 is 31.7. The van der Waals surface area contributed by atoms with E-state index in [1.54, 1.807) is 19.1 Å². The van der Waals surface area contributed by atoms with E-state index in [1.165, 1.54) is 13.2 Å². The molecule has 1 aromatic carbocycles. The van der Waals surface area contributed by atoms with Gasteiger partial charge in [0, 0.05) is 12.2 Å². The van der Waals surface area contributed by atoms with Gasteiger partial charge >= 0.3 is 0 Å². The molecule has 0 radical (unpaired) electrons. The second-order valence-electron chi connectivity index (χ2n) is 3.83. The van der Waals surface area contributed by atoms with Gasteiger partial charge < -0.3 is 10.5 Å². The Morgan fingerprint density at radius 1 is 1.50 bits per heavy atom. The maximum atomic E-state index is 12.1. The fraction of sp³-hybridized carbons (Fsp3) is 0.333. The van der Waals surface area contributed by atoms with Gasteiger partial charge in [-0.2, -0.15) is 0 Å². The van der Waals surface area contributed by atoms with Crippen LogP contribution in [0.25, 0.3) is 0 Å². The molecule has 18 heavy (non-hydrogen) atoms. The number of nitrogens with one attached hydrogen (secondary N) is 1. The first kappa shape index (κ1) is 14.5. The van der Waals surface area contributed by atoms with E-state index in [0.717, 1.165) is 5.56 Å². The topological polar surface area (TPSA) is 81.4 Å². The van der Waals surface area contributed by atoms with Gasteiger partial charge in [0.05, 0.1) is 7.11 Å². The highest BCUT2D eigenvalue weighted by Crippen LogP contribution is 2.28. The summed E-state index contributed by atoms with van der Waals surface area (Å²) in [5, 5.41) is 0. The largest absolute Gasteiger partial charge is 0.495 e.